The van der Waals surface area contributed by atoms with Crippen LogP contribution in [0, 0.1) is 5.82 Å². The fraction of sp³-hybridized carbons (Fsp3) is 0.500. The Labute approximate surface area is 113 Å². The zero-order valence-electron chi connectivity index (χ0n) is 9.75. The summed E-state index contributed by atoms with van der Waals surface area (Å²) in [7, 11) is 0. The standard InChI is InChI=1S/C12H16ClFN2.ClH/c1-9-7-15-4-5-16(9)8-10-6-11(13)2-3-12(10)14;/h2-3,6,9,15H,4-5,7-8H2,1H3;1H. The SMILES string of the molecule is CC1CNCCN1Cc1cc(Cl)ccc1F.Cl. The molecule has 1 aromatic carbocycles. The van der Waals surface area contributed by atoms with E-state index in [1.165, 1.54) is 6.07 Å². The normalized spacial score (nSPS) is 21.0. The number of nitrogens with zero attached hydrogens (tertiary/aromatic N) is 1. The Bertz CT molecular complexity index is 374. The summed E-state index contributed by atoms with van der Waals surface area (Å²) in [5.41, 5.74) is 0.682. The lowest BCUT2D eigenvalue weighted by Gasteiger charge is -2.33. The molecule has 1 N–H and O–H groups in total. The molecule has 0 aromatic heterocycles. The van der Waals surface area contributed by atoms with E-state index in [0.717, 1.165) is 19.6 Å². The Kier molecular flexibility index (Phi) is 5.67. The molecule has 2 nitrogen and oxygen atoms in total. The Morgan fingerprint density at radius 2 is 2.29 bits per heavy atom. The molecule has 1 atom stereocenters. The minimum Gasteiger partial charge on any atom is -0.314 e. The molecule has 5 heteroatoms. The van der Waals surface area contributed by atoms with Gasteiger partial charge in [-0.15, -0.1) is 12.4 Å². The third kappa shape index (κ3) is 3.81. The van der Waals surface area contributed by atoms with Crippen molar-refractivity contribution >= 4 is 24.0 Å². The molecular formula is C12H17Cl2FN2. The summed E-state index contributed by atoms with van der Waals surface area (Å²) < 4.78 is 13.6. The van der Waals surface area contributed by atoms with Crippen LogP contribution in [-0.4, -0.2) is 30.6 Å². The van der Waals surface area contributed by atoms with Crippen LogP contribution in [0.25, 0.3) is 0 Å². The van der Waals surface area contributed by atoms with E-state index in [-0.39, 0.29) is 18.2 Å². The van der Waals surface area contributed by atoms with Gasteiger partial charge >= 0.3 is 0 Å². The molecule has 0 amide bonds. The molecule has 17 heavy (non-hydrogen) atoms. The lowest BCUT2D eigenvalue weighted by atomic mass is 10.1. The van der Waals surface area contributed by atoms with Crippen molar-refractivity contribution in [2.24, 2.45) is 0 Å². The van der Waals surface area contributed by atoms with Crippen molar-refractivity contribution in [2.45, 2.75) is 19.5 Å². The molecule has 0 spiro atoms. The summed E-state index contributed by atoms with van der Waals surface area (Å²) in [6.07, 6.45) is 0. The molecule has 0 radical (unpaired) electrons. The van der Waals surface area contributed by atoms with Crippen LogP contribution in [0.3, 0.4) is 0 Å². The third-order valence-corrected chi connectivity index (χ3v) is 3.26. The van der Waals surface area contributed by atoms with E-state index in [4.69, 9.17) is 11.6 Å². The van der Waals surface area contributed by atoms with Gasteiger partial charge in [-0.1, -0.05) is 11.6 Å². The molecular weight excluding hydrogens is 262 g/mol. The largest absolute Gasteiger partial charge is 0.314 e. The molecule has 1 fully saturated rings. The highest BCUT2D eigenvalue weighted by atomic mass is 35.5. The minimum absolute atomic E-state index is 0. The Morgan fingerprint density at radius 1 is 1.53 bits per heavy atom. The van der Waals surface area contributed by atoms with Crippen molar-refractivity contribution in [1.82, 2.24) is 10.2 Å². The fourth-order valence-electron chi connectivity index (χ4n) is 2.00. The highest BCUT2D eigenvalue weighted by molar-refractivity contribution is 6.30. The summed E-state index contributed by atoms with van der Waals surface area (Å²) in [6, 6.07) is 5.17. The van der Waals surface area contributed by atoms with Crippen LogP contribution in [0.4, 0.5) is 4.39 Å². The molecule has 1 aliphatic heterocycles. The van der Waals surface area contributed by atoms with Crippen molar-refractivity contribution in [3.8, 4) is 0 Å². The van der Waals surface area contributed by atoms with Crippen LogP contribution in [0.5, 0.6) is 0 Å². The molecule has 1 aromatic rings. The highest BCUT2D eigenvalue weighted by Crippen LogP contribution is 2.18. The van der Waals surface area contributed by atoms with Gasteiger partial charge in [0.2, 0.25) is 0 Å². The summed E-state index contributed by atoms with van der Waals surface area (Å²) in [5.74, 6) is -0.171. The second kappa shape index (κ2) is 6.55. The first-order valence-electron chi connectivity index (χ1n) is 5.55. The average molecular weight is 279 g/mol. The maximum Gasteiger partial charge on any atom is 0.127 e. The number of piperazine rings is 1. The second-order valence-electron chi connectivity index (χ2n) is 4.26. The highest BCUT2D eigenvalue weighted by Gasteiger charge is 2.19. The van der Waals surface area contributed by atoms with Gasteiger partial charge in [-0.25, -0.2) is 4.39 Å². The summed E-state index contributed by atoms with van der Waals surface area (Å²) in [4.78, 5) is 2.27. The zero-order valence-corrected chi connectivity index (χ0v) is 11.3. The predicted octanol–water partition coefficient (Wildman–Crippen LogP) is 2.69. The first-order valence-corrected chi connectivity index (χ1v) is 5.93. The smallest absolute Gasteiger partial charge is 0.127 e. The zero-order chi connectivity index (χ0) is 11.5. The first kappa shape index (κ1) is 14.7. The molecule has 1 unspecified atom stereocenters. The minimum atomic E-state index is -0.171. The van der Waals surface area contributed by atoms with Crippen molar-refractivity contribution in [1.29, 1.82) is 0 Å². The lowest BCUT2D eigenvalue weighted by molar-refractivity contribution is 0.164. The molecule has 2 rings (SSSR count). The summed E-state index contributed by atoms with van der Waals surface area (Å²) in [6.45, 7) is 5.66. The van der Waals surface area contributed by atoms with Gasteiger partial charge in [0.25, 0.3) is 0 Å². The summed E-state index contributed by atoms with van der Waals surface area (Å²) >= 11 is 5.87. The fourth-order valence-corrected chi connectivity index (χ4v) is 2.20. The average Bonchev–Trinajstić information content (AvgIpc) is 2.27. The third-order valence-electron chi connectivity index (χ3n) is 3.02. The number of nitrogens with one attached hydrogen (secondary N) is 1. The van der Waals surface area contributed by atoms with Crippen molar-refractivity contribution < 1.29 is 4.39 Å². The van der Waals surface area contributed by atoms with Gasteiger partial charge in [-0.3, -0.25) is 4.90 Å². The van der Waals surface area contributed by atoms with Gasteiger partial charge in [0, 0.05) is 42.8 Å². The number of hydrogen-bond donors (Lipinski definition) is 1. The molecule has 1 saturated heterocycles. The van der Waals surface area contributed by atoms with Gasteiger partial charge < -0.3 is 5.32 Å². The van der Waals surface area contributed by atoms with Gasteiger partial charge in [0.15, 0.2) is 0 Å². The second-order valence-corrected chi connectivity index (χ2v) is 4.70. The van der Waals surface area contributed by atoms with E-state index in [0.29, 0.717) is 23.2 Å². The predicted molar refractivity (Wildman–Crippen MR) is 71.4 cm³/mol. The lowest BCUT2D eigenvalue weighted by Crippen LogP contribution is -2.49. The monoisotopic (exact) mass is 278 g/mol. The van der Waals surface area contributed by atoms with Crippen LogP contribution >= 0.6 is 24.0 Å². The van der Waals surface area contributed by atoms with Gasteiger partial charge in [-0.2, -0.15) is 0 Å². The van der Waals surface area contributed by atoms with Crippen molar-refractivity contribution in [2.75, 3.05) is 19.6 Å². The van der Waals surface area contributed by atoms with Crippen molar-refractivity contribution in [3.63, 3.8) is 0 Å². The van der Waals surface area contributed by atoms with Crippen LogP contribution in [0.2, 0.25) is 5.02 Å². The maximum absolute atomic E-state index is 13.6. The van der Waals surface area contributed by atoms with Crippen LogP contribution < -0.4 is 5.32 Å². The topological polar surface area (TPSA) is 15.3 Å². The Hall–Kier alpha value is -0.350. The molecule has 0 saturated carbocycles. The first-order chi connectivity index (χ1) is 7.66. The Balaban J connectivity index is 0.00000144. The maximum atomic E-state index is 13.6. The van der Waals surface area contributed by atoms with Gasteiger partial charge in [0.1, 0.15) is 5.82 Å². The van der Waals surface area contributed by atoms with E-state index in [9.17, 15) is 4.39 Å². The summed E-state index contributed by atoms with van der Waals surface area (Å²) in [5, 5.41) is 3.91. The Morgan fingerprint density at radius 3 is 3.00 bits per heavy atom. The van der Waals surface area contributed by atoms with E-state index in [1.807, 2.05) is 0 Å². The van der Waals surface area contributed by atoms with Crippen LogP contribution in [0.15, 0.2) is 18.2 Å². The molecule has 0 bridgehead atoms. The number of halogens is 3. The molecule has 96 valence electrons. The quantitative estimate of drug-likeness (QED) is 0.895. The van der Waals surface area contributed by atoms with E-state index in [1.54, 1.807) is 12.1 Å². The van der Waals surface area contributed by atoms with E-state index >= 15 is 0 Å². The van der Waals surface area contributed by atoms with Gasteiger partial charge in [-0.05, 0) is 25.1 Å². The molecule has 1 heterocycles. The number of benzene rings is 1. The van der Waals surface area contributed by atoms with Crippen LogP contribution in [-0.2, 0) is 6.54 Å². The van der Waals surface area contributed by atoms with Crippen molar-refractivity contribution in [3.05, 3.63) is 34.6 Å². The van der Waals surface area contributed by atoms with Gasteiger partial charge in [0.05, 0.1) is 0 Å². The van der Waals surface area contributed by atoms with Crippen LogP contribution in [0.1, 0.15) is 12.5 Å². The van der Waals surface area contributed by atoms with E-state index in [2.05, 4.69) is 17.1 Å². The number of hydrogen-bond acceptors (Lipinski definition) is 2. The molecule has 0 aliphatic carbocycles. The number of rotatable bonds is 2. The molecule has 1 aliphatic rings. The van der Waals surface area contributed by atoms with E-state index < -0.39 is 0 Å².